The van der Waals surface area contributed by atoms with E-state index >= 15 is 0 Å². The average Bonchev–Trinajstić information content (AvgIpc) is 2.28. The van der Waals surface area contributed by atoms with Gasteiger partial charge in [0.05, 0.1) is 5.39 Å². The lowest BCUT2D eigenvalue weighted by Gasteiger charge is -2.03. The van der Waals surface area contributed by atoms with E-state index in [0.717, 1.165) is 11.6 Å². The summed E-state index contributed by atoms with van der Waals surface area (Å²) in [5.74, 6) is -1.55. The molecule has 0 fully saturated rings. The van der Waals surface area contributed by atoms with Crippen molar-refractivity contribution in [2.45, 2.75) is 13.3 Å². The van der Waals surface area contributed by atoms with E-state index in [1.54, 1.807) is 12.1 Å². The van der Waals surface area contributed by atoms with Crippen LogP contribution in [0.4, 0.5) is 0 Å². The maximum absolute atomic E-state index is 11.6. The zero-order chi connectivity index (χ0) is 11.7. The lowest BCUT2D eigenvalue weighted by Crippen LogP contribution is -2.07. The molecule has 2 rings (SSSR count). The third kappa shape index (κ3) is 1.58. The summed E-state index contributed by atoms with van der Waals surface area (Å²) in [6.07, 6.45) is 0.684. The van der Waals surface area contributed by atoms with Gasteiger partial charge in [-0.3, -0.25) is 4.79 Å². The molecular formula is C12H10O4. The summed E-state index contributed by atoms with van der Waals surface area (Å²) in [7, 11) is 0. The standard InChI is InChI=1S/C12H10O4/c1-2-7-4-3-5-8-9(13)6-10(12(14)15)16-11(7)8/h3-6H,2H2,1H3,(H,14,15). The highest BCUT2D eigenvalue weighted by atomic mass is 16.4. The van der Waals surface area contributed by atoms with E-state index in [2.05, 4.69) is 0 Å². The van der Waals surface area contributed by atoms with Gasteiger partial charge in [-0.25, -0.2) is 4.79 Å². The number of hydrogen-bond donors (Lipinski definition) is 1. The Bertz CT molecular complexity index is 610. The number of fused-ring (bicyclic) bond motifs is 1. The fraction of sp³-hybridized carbons (Fsp3) is 0.167. The molecule has 1 aromatic carbocycles. The molecule has 82 valence electrons. The van der Waals surface area contributed by atoms with Gasteiger partial charge in [0.1, 0.15) is 5.58 Å². The van der Waals surface area contributed by atoms with Crippen molar-refractivity contribution in [1.82, 2.24) is 0 Å². The molecule has 0 spiro atoms. The third-order valence-corrected chi connectivity index (χ3v) is 2.43. The van der Waals surface area contributed by atoms with E-state index in [1.165, 1.54) is 0 Å². The Balaban J connectivity index is 2.88. The van der Waals surface area contributed by atoms with E-state index in [0.29, 0.717) is 17.4 Å². The molecule has 0 aliphatic carbocycles. The number of hydrogen-bond acceptors (Lipinski definition) is 3. The zero-order valence-electron chi connectivity index (χ0n) is 8.69. The van der Waals surface area contributed by atoms with E-state index in [4.69, 9.17) is 9.52 Å². The summed E-state index contributed by atoms with van der Waals surface area (Å²) < 4.78 is 5.23. The van der Waals surface area contributed by atoms with Gasteiger partial charge in [0.2, 0.25) is 5.76 Å². The first-order valence-electron chi connectivity index (χ1n) is 4.92. The number of carbonyl (C=O) groups is 1. The van der Waals surface area contributed by atoms with Gasteiger partial charge in [-0.05, 0) is 18.1 Å². The first kappa shape index (κ1) is 10.4. The van der Waals surface area contributed by atoms with Gasteiger partial charge in [0.15, 0.2) is 5.43 Å². The maximum Gasteiger partial charge on any atom is 0.371 e. The topological polar surface area (TPSA) is 67.5 Å². The maximum atomic E-state index is 11.6. The fourth-order valence-electron chi connectivity index (χ4n) is 1.62. The number of para-hydroxylation sites is 1. The van der Waals surface area contributed by atoms with E-state index in [9.17, 15) is 9.59 Å². The number of rotatable bonds is 2. The molecule has 0 saturated heterocycles. The van der Waals surface area contributed by atoms with Crippen LogP contribution in [0.3, 0.4) is 0 Å². The fourth-order valence-corrected chi connectivity index (χ4v) is 1.62. The molecule has 4 nitrogen and oxygen atoms in total. The van der Waals surface area contributed by atoms with Gasteiger partial charge in [-0.2, -0.15) is 0 Å². The Kier molecular flexibility index (Phi) is 2.48. The highest BCUT2D eigenvalue weighted by molar-refractivity contribution is 5.88. The highest BCUT2D eigenvalue weighted by Crippen LogP contribution is 2.17. The highest BCUT2D eigenvalue weighted by Gasteiger charge is 2.12. The van der Waals surface area contributed by atoms with Crippen LogP contribution < -0.4 is 5.43 Å². The Hall–Kier alpha value is -2.10. The molecule has 0 aliphatic heterocycles. The van der Waals surface area contributed by atoms with Crippen LogP contribution in [-0.2, 0) is 6.42 Å². The number of carboxylic acids is 1. The number of benzene rings is 1. The second-order valence-electron chi connectivity index (χ2n) is 3.43. The third-order valence-electron chi connectivity index (χ3n) is 2.43. The first-order valence-corrected chi connectivity index (χ1v) is 4.92. The largest absolute Gasteiger partial charge is 0.475 e. The predicted molar refractivity (Wildman–Crippen MR) is 58.8 cm³/mol. The normalized spacial score (nSPS) is 10.6. The van der Waals surface area contributed by atoms with Crippen molar-refractivity contribution in [3.05, 3.63) is 45.8 Å². The summed E-state index contributed by atoms with van der Waals surface area (Å²) in [6.45, 7) is 1.92. The molecule has 1 N–H and O–H groups in total. The molecule has 2 aromatic rings. The zero-order valence-corrected chi connectivity index (χ0v) is 8.69. The Labute approximate surface area is 91.1 Å². The molecule has 16 heavy (non-hydrogen) atoms. The molecule has 1 aromatic heterocycles. The number of carboxylic acid groups (broad SMARTS) is 1. The first-order chi connectivity index (χ1) is 7.63. The average molecular weight is 218 g/mol. The van der Waals surface area contributed by atoms with Crippen LogP contribution in [0.2, 0.25) is 0 Å². The van der Waals surface area contributed by atoms with Crippen LogP contribution in [0.1, 0.15) is 23.0 Å². The molecule has 0 atom stereocenters. The summed E-state index contributed by atoms with van der Waals surface area (Å²) in [5, 5.41) is 9.22. The lowest BCUT2D eigenvalue weighted by molar-refractivity contribution is 0.0663. The molecule has 4 heteroatoms. The molecular weight excluding hydrogens is 208 g/mol. The summed E-state index contributed by atoms with van der Waals surface area (Å²) in [4.78, 5) is 22.4. The van der Waals surface area contributed by atoms with Crippen molar-refractivity contribution in [2.24, 2.45) is 0 Å². The van der Waals surface area contributed by atoms with Crippen molar-refractivity contribution < 1.29 is 14.3 Å². The van der Waals surface area contributed by atoms with Crippen LogP contribution in [0.25, 0.3) is 11.0 Å². The Morgan fingerprint density at radius 1 is 1.44 bits per heavy atom. The molecule has 0 bridgehead atoms. The summed E-state index contributed by atoms with van der Waals surface area (Å²) in [6, 6.07) is 6.21. The van der Waals surface area contributed by atoms with Crippen molar-refractivity contribution in [1.29, 1.82) is 0 Å². The minimum absolute atomic E-state index is 0.321. The van der Waals surface area contributed by atoms with E-state index in [-0.39, 0.29) is 11.2 Å². The Morgan fingerprint density at radius 2 is 2.19 bits per heavy atom. The molecule has 0 aliphatic rings. The minimum atomic E-state index is -1.23. The number of aryl methyl sites for hydroxylation is 1. The number of aromatic carboxylic acids is 1. The molecule has 0 radical (unpaired) electrons. The molecule has 0 unspecified atom stereocenters. The molecule has 0 amide bonds. The Morgan fingerprint density at radius 3 is 2.81 bits per heavy atom. The van der Waals surface area contributed by atoms with Gasteiger partial charge >= 0.3 is 5.97 Å². The van der Waals surface area contributed by atoms with E-state index in [1.807, 2.05) is 13.0 Å². The van der Waals surface area contributed by atoms with E-state index < -0.39 is 5.97 Å². The monoisotopic (exact) mass is 218 g/mol. The van der Waals surface area contributed by atoms with Crippen molar-refractivity contribution in [2.75, 3.05) is 0 Å². The SMILES string of the molecule is CCc1cccc2c(=O)cc(C(=O)O)oc12. The van der Waals surface area contributed by atoms with Crippen molar-refractivity contribution in [3.8, 4) is 0 Å². The summed E-state index contributed by atoms with van der Waals surface area (Å²) >= 11 is 0. The van der Waals surface area contributed by atoms with Crippen molar-refractivity contribution in [3.63, 3.8) is 0 Å². The lowest BCUT2D eigenvalue weighted by atomic mass is 10.1. The van der Waals surface area contributed by atoms with Gasteiger partial charge in [-0.1, -0.05) is 19.1 Å². The van der Waals surface area contributed by atoms with Gasteiger partial charge in [0, 0.05) is 6.07 Å². The second-order valence-corrected chi connectivity index (χ2v) is 3.43. The minimum Gasteiger partial charge on any atom is -0.475 e. The molecule has 0 saturated carbocycles. The van der Waals surface area contributed by atoms with Crippen LogP contribution in [0, 0.1) is 0 Å². The van der Waals surface area contributed by atoms with Crippen LogP contribution in [0.5, 0.6) is 0 Å². The van der Waals surface area contributed by atoms with Crippen LogP contribution >= 0.6 is 0 Å². The molecule has 1 heterocycles. The second kappa shape index (κ2) is 3.81. The quantitative estimate of drug-likeness (QED) is 0.837. The predicted octanol–water partition coefficient (Wildman–Crippen LogP) is 2.05. The smallest absolute Gasteiger partial charge is 0.371 e. The van der Waals surface area contributed by atoms with Crippen LogP contribution in [0.15, 0.2) is 33.5 Å². The van der Waals surface area contributed by atoms with Gasteiger partial charge in [-0.15, -0.1) is 0 Å². The van der Waals surface area contributed by atoms with Crippen LogP contribution in [-0.4, -0.2) is 11.1 Å². The summed E-state index contributed by atoms with van der Waals surface area (Å²) in [5.41, 5.74) is 0.876. The van der Waals surface area contributed by atoms with Crippen molar-refractivity contribution >= 4 is 16.9 Å². The van der Waals surface area contributed by atoms with Gasteiger partial charge in [0.25, 0.3) is 0 Å². The van der Waals surface area contributed by atoms with Gasteiger partial charge < -0.3 is 9.52 Å².